The molecule has 0 spiro atoms. The number of hydrogen-bond acceptors (Lipinski definition) is 9. The van der Waals surface area contributed by atoms with Crippen LogP contribution in [0.25, 0.3) is 0 Å². The lowest BCUT2D eigenvalue weighted by atomic mass is 10.4. The second-order valence-corrected chi connectivity index (χ2v) is 14.1. The van der Waals surface area contributed by atoms with Crippen molar-refractivity contribution < 1.29 is 29.1 Å². The van der Waals surface area contributed by atoms with Crippen LogP contribution < -0.4 is 0 Å². The van der Waals surface area contributed by atoms with E-state index in [1.165, 1.54) is 20.8 Å². The molecule has 0 saturated carbocycles. The molecule has 3 N–H and O–H groups in total. The Bertz CT molecular complexity index is 523. The molecule has 33 heavy (non-hydrogen) atoms. The normalized spacial score (nSPS) is 19.8. The lowest BCUT2D eigenvalue weighted by Crippen LogP contribution is -2.36. The van der Waals surface area contributed by atoms with Crippen molar-refractivity contribution in [2.45, 2.75) is 40.0 Å². The first-order valence-corrected chi connectivity index (χ1v) is 16.5. The van der Waals surface area contributed by atoms with Crippen molar-refractivity contribution in [1.29, 1.82) is 0 Å². The van der Waals surface area contributed by atoms with Gasteiger partial charge in [0.1, 0.15) is 17.3 Å². The first-order chi connectivity index (χ1) is 15.5. The molecule has 9 nitrogen and oxygen atoms in total. The summed E-state index contributed by atoms with van der Waals surface area (Å²) in [5.41, 5.74) is 0. The van der Waals surface area contributed by atoms with Crippen LogP contribution >= 0.6 is 24.4 Å². The highest BCUT2D eigenvalue weighted by Crippen LogP contribution is 2.34. The Balaban J connectivity index is 2.74. The first kappa shape index (κ1) is 31.1. The molecule has 1 heterocycles. The second-order valence-electron chi connectivity index (χ2n) is 8.82. The van der Waals surface area contributed by atoms with Crippen LogP contribution in [0.5, 0.6) is 0 Å². The van der Waals surface area contributed by atoms with Gasteiger partial charge in [-0.15, -0.1) is 0 Å². The minimum Gasteiger partial charge on any atom is -0.372 e. The fourth-order valence-electron chi connectivity index (χ4n) is 3.37. The van der Waals surface area contributed by atoms with Gasteiger partial charge in [-0.05, 0) is 39.3 Å². The maximum absolute atomic E-state index is 11.3. The third-order valence-electron chi connectivity index (χ3n) is 5.45. The number of rotatable bonds is 15. The standard InChI is InChI=1S/C21H42N3O6P3/c1-19(25)4-13-31(28)16-22-7-9-23(17-32(29)14-5-20(2)26)11-12-24(10-8-22)18-33(30)15-6-21(3)27/h28-30H,4-18H2,1-3H3. The second kappa shape index (κ2) is 17.5. The quantitative estimate of drug-likeness (QED) is 0.275. The van der Waals surface area contributed by atoms with Gasteiger partial charge in [-0.1, -0.05) is 0 Å². The van der Waals surface area contributed by atoms with Crippen LogP contribution in [0, 0.1) is 0 Å². The largest absolute Gasteiger partial charge is 0.372 e. The highest BCUT2D eigenvalue weighted by molar-refractivity contribution is 7.52. The summed E-state index contributed by atoms with van der Waals surface area (Å²) in [5.74, 6) is 0.256. The number of ketones is 3. The zero-order valence-corrected chi connectivity index (χ0v) is 23.0. The molecule has 192 valence electrons. The Morgan fingerprint density at radius 1 is 0.545 bits per heavy atom. The average molecular weight is 526 g/mol. The van der Waals surface area contributed by atoms with Crippen LogP contribution in [0.2, 0.25) is 0 Å². The average Bonchev–Trinajstić information content (AvgIpc) is 2.81. The maximum Gasteiger partial charge on any atom is 0.130 e. The van der Waals surface area contributed by atoms with E-state index in [1.807, 2.05) is 0 Å². The predicted molar refractivity (Wildman–Crippen MR) is 137 cm³/mol. The van der Waals surface area contributed by atoms with Crippen molar-refractivity contribution in [3.8, 4) is 0 Å². The monoisotopic (exact) mass is 525 g/mol. The molecule has 1 rings (SSSR count). The minimum absolute atomic E-state index is 0.0853. The van der Waals surface area contributed by atoms with Crippen LogP contribution in [0.1, 0.15) is 40.0 Å². The highest BCUT2D eigenvalue weighted by atomic mass is 31.1. The van der Waals surface area contributed by atoms with Crippen molar-refractivity contribution in [2.24, 2.45) is 0 Å². The van der Waals surface area contributed by atoms with E-state index in [0.717, 1.165) is 39.3 Å². The van der Waals surface area contributed by atoms with E-state index in [-0.39, 0.29) is 17.3 Å². The molecule has 0 aliphatic carbocycles. The fourth-order valence-corrected chi connectivity index (χ4v) is 7.75. The summed E-state index contributed by atoms with van der Waals surface area (Å²) < 4.78 is 0. The topological polar surface area (TPSA) is 122 Å². The molecule has 1 saturated heterocycles. The number of carbonyl (C=O) groups is 3. The third-order valence-corrected chi connectivity index (χ3v) is 9.85. The molecule has 0 aromatic rings. The summed E-state index contributed by atoms with van der Waals surface area (Å²) in [6.45, 7) is 9.13. The number of carbonyl (C=O) groups excluding carboxylic acids is 3. The van der Waals surface area contributed by atoms with Gasteiger partial charge in [0.25, 0.3) is 0 Å². The van der Waals surface area contributed by atoms with Gasteiger partial charge in [-0.25, -0.2) is 0 Å². The van der Waals surface area contributed by atoms with Crippen LogP contribution in [0.15, 0.2) is 0 Å². The summed E-state index contributed by atoms with van der Waals surface area (Å²) in [6.07, 6.45) is 4.33. The summed E-state index contributed by atoms with van der Waals surface area (Å²) in [7, 11) is -3.75. The summed E-state index contributed by atoms with van der Waals surface area (Å²) in [6, 6.07) is 0. The molecule has 3 unspecified atom stereocenters. The fraction of sp³-hybridized carbons (Fsp3) is 0.857. The molecule has 1 aliphatic heterocycles. The Labute approximate surface area is 202 Å². The molecule has 1 aliphatic rings. The summed E-state index contributed by atoms with van der Waals surface area (Å²) >= 11 is 0. The van der Waals surface area contributed by atoms with Crippen molar-refractivity contribution in [1.82, 2.24) is 14.7 Å². The number of nitrogens with zero attached hydrogens (tertiary/aromatic N) is 3. The molecular formula is C21H42N3O6P3. The Kier molecular flexibility index (Phi) is 16.5. The van der Waals surface area contributed by atoms with E-state index >= 15 is 0 Å². The zero-order chi connectivity index (χ0) is 24.8. The Morgan fingerprint density at radius 2 is 0.758 bits per heavy atom. The molecule has 1 fully saturated rings. The molecule has 3 atom stereocenters. The molecule has 0 bridgehead atoms. The highest BCUT2D eigenvalue weighted by Gasteiger charge is 2.22. The zero-order valence-electron chi connectivity index (χ0n) is 20.4. The molecule has 0 aromatic heterocycles. The van der Waals surface area contributed by atoms with Gasteiger partial charge < -0.3 is 29.1 Å². The van der Waals surface area contributed by atoms with Gasteiger partial charge in [0.15, 0.2) is 0 Å². The van der Waals surface area contributed by atoms with Crippen LogP contribution in [0.4, 0.5) is 0 Å². The Hall–Kier alpha value is 0.0600. The molecular weight excluding hydrogens is 483 g/mol. The maximum atomic E-state index is 11.3. The van der Waals surface area contributed by atoms with Crippen molar-refractivity contribution >= 4 is 41.8 Å². The smallest absolute Gasteiger partial charge is 0.130 e. The van der Waals surface area contributed by atoms with Crippen LogP contribution in [-0.4, -0.2) is 123 Å². The predicted octanol–water partition coefficient (Wildman–Crippen LogP) is 1.88. The summed E-state index contributed by atoms with van der Waals surface area (Å²) in [5, 5.41) is 0. The first-order valence-electron chi connectivity index (χ1n) is 11.5. The number of Topliss-reactive ketones (excluding diaryl/α,β-unsaturated/α-hetero) is 3. The van der Waals surface area contributed by atoms with E-state index in [9.17, 15) is 29.1 Å². The lowest BCUT2D eigenvalue weighted by molar-refractivity contribution is -0.117. The van der Waals surface area contributed by atoms with Crippen molar-refractivity contribution in [3.63, 3.8) is 0 Å². The van der Waals surface area contributed by atoms with Gasteiger partial charge >= 0.3 is 0 Å². The molecule has 0 amide bonds. The summed E-state index contributed by atoms with van der Waals surface area (Å²) in [4.78, 5) is 71.8. The minimum atomic E-state index is -1.25. The van der Waals surface area contributed by atoms with Gasteiger partial charge in [0, 0.05) is 102 Å². The van der Waals surface area contributed by atoms with E-state index in [1.54, 1.807) is 0 Å². The third kappa shape index (κ3) is 16.4. The van der Waals surface area contributed by atoms with E-state index < -0.39 is 24.4 Å². The molecule has 0 aromatic carbocycles. The van der Waals surface area contributed by atoms with Gasteiger partial charge in [0.2, 0.25) is 0 Å². The van der Waals surface area contributed by atoms with E-state index in [0.29, 0.717) is 56.6 Å². The van der Waals surface area contributed by atoms with Gasteiger partial charge in [-0.3, -0.25) is 14.7 Å². The van der Waals surface area contributed by atoms with Crippen molar-refractivity contribution in [2.75, 3.05) is 76.6 Å². The SMILES string of the molecule is CC(=O)CCP(O)CN1CCN(CP(O)CCC(C)=O)CCN(CP(O)CCC(C)=O)CC1. The van der Waals surface area contributed by atoms with E-state index in [2.05, 4.69) is 14.7 Å². The lowest BCUT2D eigenvalue weighted by Gasteiger charge is -2.28. The number of hydrogen-bond donors (Lipinski definition) is 3. The van der Waals surface area contributed by atoms with Crippen LogP contribution in [-0.2, 0) is 14.4 Å². The molecule has 0 radical (unpaired) electrons. The van der Waals surface area contributed by atoms with Crippen LogP contribution in [0.3, 0.4) is 0 Å². The molecule has 12 heteroatoms. The Morgan fingerprint density at radius 3 is 0.939 bits per heavy atom. The van der Waals surface area contributed by atoms with Crippen molar-refractivity contribution in [3.05, 3.63) is 0 Å². The van der Waals surface area contributed by atoms with Gasteiger partial charge in [-0.2, -0.15) is 0 Å². The van der Waals surface area contributed by atoms with Gasteiger partial charge in [0.05, 0.1) is 0 Å². The van der Waals surface area contributed by atoms with E-state index in [4.69, 9.17) is 0 Å².